The van der Waals surface area contributed by atoms with Crippen molar-refractivity contribution in [1.29, 1.82) is 0 Å². The highest BCUT2D eigenvalue weighted by Gasteiger charge is 2.33. The summed E-state index contributed by atoms with van der Waals surface area (Å²) in [4.78, 5) is 13.9. The SMILES string of the molecule is C1CCCCC1.Cn1nccc1C(N)=O.Nc1cc(C(F)(F)F)nc2ccc(Cl)cc12. The number of fused-ring (bicyclic) bond motifs is 1. The molecule has 168 valence electrons. The highest BCUT2D eigenvalue weighted by atomic mass is 35.5. The van der Waals surface area contributed by atoms with Crippen LogP contribution in [0.25, 0.3) is 10.9 Å². The maximum atomic E-state index is 12.4. The Balaban J connectivity index is 0.000000190. The summed E-state index contributed by atoms with van der Waals surface area (Å²) >= 11 is 5.71. The number of anilines is 1. The monoisotopic (exact) mass is 455 g/mol. The number of pyridine rings is 1. The average Bonchev–Trinajstić information content (AvgIpc) is 3.16. The number of aromatic nitrogens is 3. The third kappa shape index (κ3) is 7.43. The van der Waals surface area contributed by atoms with E-state index in [1.807, 2.05) is 0 Å². The van der Waals surface area contributed by atoms with Crippen LogP contribution < -0.4 is 11.5 Å². The standard InChI is InChI=1S/C10H6ClF3N2.C6H12.C5H7N3O/c11-5-1-2-8-6(3-5)7(15)4-9(16-8)10(12,13)14;1-2-4-6-5-3-1;1-8-4(5(6)9)2-3-7-8/h1-4H,(H2,15,16);1-6H2;2-3H,1H3,(H2,6,9). The Hall–Kier alpha value is -2.81. The van der Waals surface area contributed by atoms with Crippen molar-refractivity contribution in [2.24, 2.45) is 12.8 Å². The van der Waals surface area contributed by atoms with Crippen molar-refractivity contribution in [1.82, 2.24) is 14.8 Å². The van der Waals surface area contributed by atoms with Gasteiger partial charge in [0.2, 0.25) is 0 Å². The molecule has 1 aromatic carbocycles. The van der Waals surface area contributed by atoms with Gasteiger partial charge in [0, 0.05) is 29.3 Å². The number of carbonyl (C=O) groups excluding carboxylic acids is 1. The first-order valence-electron chi connectivity index (χ1n) is 9.80. The average molecular weight is 456 g/mol. The molecule has 0 aliphatic heterocycles. The van der Waals surface area contributed by atoms with Gasteiger partial charge in [-0.25, -0.2) is 4.98 Å². The first-order chi connectivity index (χ1) is 14.6. The molecular formula is C21H25ClF3N5O. The maximum Gasteiger partial charge on any atom is 0.433 e. The molecule has 2 heterocycles. The lowest BCUT2D eigenvalue weighted by Gasteiger charge is -2.09. The molecule has 3 aromatic rings. The zero-order chi connectivity index (χ0) is 23.0. The molecule has 4 N–H and O–H groups in total. The topological polar surface area (TPSA) is 99.8 Å². The van der Waals surface area contributed by atoms with Crippen LogP contribution in [0.3, 0.4) is 0 Å². The zero-order valence-corrected chi connectivity index (χ0v) is 17.9. The van der Waals surface area contributed by atoms with Crippen LogP contribution >= 0.6 is 11.6 Å². The number of nitrogens with two attached hydrogens (primary N) is 2. The third-order valence-corrected chi connectivity index (χ3v) is 4.90. The molecule has 0 unspecified atom stereocenters. The predicted molar refractivity (Wildman–Crippen MR) is 116 cm³/mol. The summed E-state index contributed by atoms with van der Waals surface area (Å²) in [6.45, 7) is 0. The van der Waals surface area contributed by atoms with E-state index >= 15 is 0 Å². The molecule has 1 aliphatic rings. The number of amides is 1. The Morgan fingerprint density at radius 3 is 2.06 bits per heavy atom. The largest absolute Gasteiger partial charge is 0.433 e. The van der Waals surface area contributed by atoms with Crippen molar-refractivity contribution in [3.63, 3.8) is 0 Å². The quantitative estimate of drug-likeness (QED) is 0.516. The number of nitrogen functional groups attached to an aromatic ring is 1. The molecule has 10 heteroatoms. The van der Waals surface area contributed by atoms with Crippen molar-refractivity contribution in [3.8, 4) is 0 Å². The molecule has 6 nitrogen and oxygen atoms in total. The summed E-state index contributed by atoms with van der Waals surface area (Å²) in [6, 6.07) is 6.74. The van der Waals surface area contributed by atoms with E-state index in [0.29, 0.717) is 16.1 Å². The Bertz CT molecular complexity index is 1000. The molecule has 0 saturated heterocycles. The van der Waals surface area contributed by atoms with E-state index in [9.17, 15) is 18.0 Å². The van der Waals surface area contributed by atoms with Crippen LogP contribution in [0.2, 0.25) is 5.02 Å². The van der Waals surface area contributed by atoms with Gasteiger partial charge in [0.15, 0.2) is 0 Å². The van der Waals surface area contributed by atoms with Crippen molar-refractivity contribution in [2.75, 3.05) is 5.73 Å². The van der Waals surface area contributed by atoms with Gasteiger partial charge < -0.3 is 11.5 Å². The number of primary amides is 1. The highest BCUT2D eigenvalue weighted by molar-refractivity contribution is 6.31. The fourth-order valence-electron chi connectivity index (χ4n) is 3.05. The van der Waals surface area contributed by atoms with Crippen LogP contribution in [0.4, 0.5) is 18.9 Å². The molecular weight excluding hydrogens is 431 g/mol. The van der Waals surface area contributed by atoms with Gasteiger partial charge in [-0.2, -0.15) is 18.3 Å². The number of carbonyl (C=O) groups is 1. The van der Waals surface area contributed by atoms with Crippen molar-refractivity contribution in [3.05, 3.63) is 52.9 Å². The smallest absolute Gasteiger partial charge is 0.398 e. The second kappa shape index (κ2) is 11.0. The van der Waals surface area contributed by atoms with Crippen LogP contribution in [0.5, 0.6) is 0 Å². The minimum absolute atomic E-state index is 0.0137. The van der Waals surface area contributed by atoms with Crippen LogP contribution in [0.1, 0.15) is 54.7 Å². The second-order valence-corrected chi connectivity index (χ2v) is 7.52. The fraction of sp³-hybridized carbons (Fsp3) is 0.381. The van der Waals surface area contributed by atoms with E-state index in [0.717, 1.165) is 6.07 Å². The summed E-state index contributed by atoms with van der Waals surface area (Å²) in [5, 5.41) is 4.57. The normalized spacial score (nSPS) is 13.6. The summed E-state index contributed by atoms with van der Waals surface area (Å²) in [6.07, 6.45) is 6.03. The van der Waals surface area contributed by atoms with Gasteiger partial charge in [0.05, 0.1) is 5.52 Å². The number of rotatable bonds is 1. The first kappa shape index (κ1) is 24.5. The molecule has 0 spiro atoms. The van der Waals surface area contributed by atoms with E-state index < -0.39 is 17.8 Å². The summed E-state index contributed by atoms with van der Waals surface area (Å²) in [5.41, 5.74) is 10.1. The Labute approximate surface area is 183 Å². The summed E-state index contributed by atoms with van der Waals surface area (Å²) in [5.74, 6) is -0.449. The number of benzene rings is 1. The molecule has 1 amide bonds. The lowest BCUT2D eigenvalue weighted by molar-refractivity contribution is -0.140. The summed E-state index contributed by atoms with van der Waals surface area (Å²) < 4.78 is 38.7. The van der Waals surface area contributed by atoms with E-state index in [2.05, 4.69) is 10.1 Å². The molecule has 0 atom stereocenters. The highest BCUT2D eigenvalue weighted by Crippen LogP contribution is 2.32. The van der Waals surface area contributed by atoms with Crippen LogP contribution in [0.15, 0.2) is 36.5 Å². The molecule has 0 bridgehead atoms. The molecule has 31 heavy (non-hydrogen) atoms. The second-order valence-electron chi connectivity index (χ2n) is 7.08. The van der Waals surface area contributed by atoms with Gasteiger partial charge in [-0.3, -0.25) is 9.48 Å². The lowest BCUT2D eigenvalue weighted by Crippen LogP contribution is -2.15. The van der Waals surface area contributed by atoms with Crippen LogP contribution in [-0.2, 0) is 13.2 Å². The zero-order valence-electron chi connectivity index (χ0n) is 17.1. The lowest BCUT2D eigenvalue weighted by atomic mass is 10.0. The number of alkyl halides is 3. The van der Waals surface area contributed by atoms with E-state index in [1.54, 1.807) is 13.1 Å². The maximum absolute atomic E-state index is 12.4. The van der Waals surface area contributed by atoms with Gasteiger partial charge in [-0.15, -0.1) is 0 Å². The Kier molecular flexibility index (Phi) is 8.67. The van der Waals surface area contributed by atoms with Crippen molar-refractivity contribution in [2.45, 2.75) is 44.7 Å². The predicted octanol–water partition coefficient (Wildman–Crippen LogP) is 5.35. The van der Waals surface area contributed by atoms with Gasteiger partial charge in [-0.1, -0.05) is 50.1 Å². The molecule has 1 fully saturated rings. The number of halogens is 4. The minimum atomic E-state index is -4.50. The van der Waals surface area contributed by atoms with Crippen LogP contribution in [-0.4, -0.2) is 20.7 Å². The number of hydrogen-bond donors (Lipinski definition) is 2. The van der Waals surface area contributed by atoms with Gasteiger partial charge in [0.25, 0.3) is 5.91 Å². The minimum Gasteiger partial charge on any atom is -0.398 e. The van der Waals surface area contributed by atoms with Gasteiger partial charge in [-0.05, 0) is 30.3 Å². The number of hydrogen-bond acceptors (Lipinski definition) is 4. The molecule has 4 rings (SSSR count). The number of nitrogens with zero attached hydrogens (tertiary/aromatic N) is 3. The van der Waals surface area contributed by atoms with Crippen LogP contribution in [0, 0.1) is 0 Å². The Morgan fingerprint density at radius 2 is 1.65 bits per heavy atom. The summed E-state index contributed by atoms with van der Waals surface area (Å²) in [7, 11) is 1.67. The molecule has 1 saturated carbocycles. The van der Waals surface area contributed by atoms with E-state index in [4.69, 9.17) is 23.1 Å². The van der Waals surface area contributed by atoms with Gasteiger partial charge >= 0.3 is 6.18 Å². The molecule has 1 aliphatic carbocycles. The first-order valence-corrected chi connectivity index (χ1v) is 10.2. The Morgan fingerprint density at radius 1 is 1.06 bits per heavy atom. The number of aryl methyl sites for hydroxylation is 1. The van der Waals surface area contributed by atoms with E-state index in [-0.39, 0.29) is 11.2 Å². The van der Waals surface area contributed by atoms with E-state index in [1.165, 1.54) is 67.6 Å². The molecule has 2 aromatic heterocycles. The van der Waals surface area contributed by atoms with Crippen molar-refractivity contribution < 1.29 is 18.0 Å². The van der Waals surface area contributed by atoms with Crippen molar-refractivity contribution >= 4 is 34.1 Å². The van der Waals surface area contributed by atoms with Gasteiger partial charge in [0.1, 0.15) is 11.4 Å². The third-order valence-electron chi connectivity index (χ3n) is 4.67. The fourth-order valence-corrected chi connectivity index (χ4v) is 3.22. The molecule has 0 radical (unpaired) electrons.